The second-order valence-electron chi connectivity index (χ2n) is 3.38. The number of nitrogen functional groups attached to an aromatic ring is 1. The van der Waals surface area contributed by atoms with Gasteiger partial charge in [0.1, 0.15) is 5.82 Å². The van der Waals surface area contributed by atoms with E-state index in [0.29, 0.717) is 5.82 Å². The van der Waals surface area contributed by atoms with E-state index in [9.17, 15) is 0 Å². The number of nitrogens with two attached hydrogens (primary N) is 2. The van der Waals surface area contributed by atoms with Crippen molar-refractivity contribution in [2.75, 3.05) is 5.73 Å². The molecule has 0 radical (unpaired) electrons. The number of aryl methyl sites for hydroxylation is 1. The van der Waals surface area contributed by atoms with Crippen molar-refractivity contribution in [3.05, 3.63) is 40.0 Å². The Bertz CT molecular complexity index is 452. The van der Waals surface area contributed by atoms with Gasteiger partial charge >= 0.3 is 0 Å². The molecule has 78 valence electrons. The van der Waals surface area contributed by atoms with Gasteiger partial charge in [-0.2, -0.15) is 0 Å². The molecule has 1 unspecified atom stereocenters. The summed E-state index contributed by atoms with van der Waals surface area (Å²) in [7, 11) is 0. The second-order valence-corrected chi connectivity index (χ2v) is 4.10. The number of thiazole rings is 1. The number of nitrogens with zero attached hydrogens (tertiary/aromatic N) is 2. The van der Waals surface area contributed by atoms with Crippen LogP contribution in [-0.4, -0.2) is 9.97 Å². The van der Waals surface area contributed by atoms with Crippen LogP contribution < -0.4 is 11.5 Å². The third kappa shape index (κ3) is 1.98. The first-order valence-electron chi connectivity index (χ1n) is 4.54. The third-order valence-electron chi connectivity index (χ3n) is 2.19. The fourth-order valence-corrected chi connectivity index (χ4v) is 1.98. The highest BCUT2D eigenvalue weighted by Crippen LogP contribution is 2.23. The average Bonchev–Trinajstić information content (AvgIpc) is 2.74. The molecule has 0 bridgehead atoms. The van der Waals surface area contributed by atoms with E-state index in [1.807, 2.05) is 18.4 Å². The molecule has 0 saturated heterocycles. The number of anilines is 1. The van der Waals surface area contributed by atoms with Crippen LogP contribution in [0.4, 0.5) is 5.82 Å². The molecule has 5 heteroatoms. The van der Waals surface area contributed by atoms with E-state index in [4.69, 9.17) is 11.5 Å². The molecule has 2 aromatic heterocycles. The first-order chi connectivity index (χ1) is 7.18. The maximum absolute atomic E-state index is 6.05. The van der Waals surface area contributed by atoms with Gasteiger partial charge in [-0.15, -0.1) is 11.3 Å². The molecule has 0 aliphatic heterocycles. The summed E-state index contributed by atoms with van der Waals surface area (Å²) in [6.45, 7) is 1.96. The lowest BCUT2D eigenvalue weighted by molar-refractivity contribution is 0.834. The van der Waals surface area contributed by atoms with E-state index < -0.39 is 0 Å². The van der Waals surface area contributed by atoms with Crippen molar-refractivity contribution >= 4 is 17.2 Å². The molecule has 0 aliphatic rings. The van der Waals surface area contributed by atoms with E-state index >= 15 is 0 Å². The van der Waals surface area contributed by atoms with Crippen molar-refractivity contribution < 1.29 is 0 Å². The van der Waals surface area contributed by atoms with Gasteiger partial charge in [-0.05, 0) is 18.6 Å². The van der Waals surface area contributed by atoms with Crippen molar-refractivity contribution in [1.29, 1.82) is 0 Å². The molecule has 15 heavy (non-hydrogen) atoms. The minimum Gasteiger partial charge on any atom is -0.383 e. The summed E-state index contributed by atoms with van der Waals surface area (Å²) in [5.41, 5.74) is 16.3. The summed E-state index contributed by atoms with van der Waals surface area (Å²) in [6.07, 6.45) is 1.73. The topological polar surface area (TPSA) is 77.8 Å². The number of aromatic nitrogens is 2. The zero-order valence-corrected chi connectivity index (χ0v) is 9.16. The van der Waals surface area contributed by atoms with Crippen LogP contribution in [0.15, 0.2) is 23.2 Å². The Morgan fingerprint density at radius 1 is 1.40 bits per heavy atom. The number of rotatable bonds is 2. The first-order valence-corrected chi connectivity index (χ1v) is 5.48. The van der Waals surface area contributed by atoms with Gasteiger partial charge in [0.05, 0.1) is 17.2 Å². The van der Waals surface area contributed by atoms with Crippen LogP contribution in [-0.2, 0) is 0 Å². The molecule has 0 amide bonds. The Morgan fingerprint density at radius 2 is 2.20 bits per heavy atom. The van der Waals surface area contributed by atoms with Gasteiger partial charge < -0.3 is 11.5 Å². The molecule has 0 fully saturated rings. The first kappa shape index (κ1) is 10.1. The smallest absolute Gasteiger partial charge is 0.128 e. The van der Waals surface area contributed by atoms with Gasteiger partial charge in [0.25, 0.3) is 0 Å². The van der Waals surface area contributed by atoms with Crippen LogP contribution in [0.3, 0.4) is 0 Å². The lowest BCUT2D eigenvalue weighted by Crippen LogP contribution is -2.15. The van der Waals surface area contributed by atoms with Crippen LogP contribution in [0, 0.1) is 6.92 Å². The zero-order valence-electron chi connectivity index (χ0n) is 8.34. The Hall–Kier alpha value is -1.46. The summed E-state index contributed by atoms with van der Waals surface area (Å²) in [5.74, 6) is 0.473. The van der Waals surface area contributed by atoms with Gasteiger partial charge in [0.15, 0.2) is 0 Å². The van der Waals surface area contributed by atoms with Crippen molar-refractivity contribution in [2.45, 2.75) is 13.0 Å². The molecule has 4 nitrogen and oxygen atoms in total. The Labute approximate surface area is 92.0 Å². The molecule has 2 aromatic rings. The minimum atomic E-state index is -0.288. The second kappa shape index (κ2) is 3.96. The largest absolute Gasteiger partial charge is 0.383 e. The fourth-order valence-electron chi connectivity index (χ4n) is 1.39. The van der Waals surface area contributed by atoms with Crippen LogP contribution in [0.2, 0.25) is 0 Å². The molecule has 1 atom stereocenters. The Kier molecular flexibility index (Phi) is 2.66. The molecule has 2 heterocycles. The van der Waals surface area contributed by atoms with Crippen molar-refractivity contribution in [2.24, 2.45) is 5.73 Å². The standard InChI is InChI=1S/C10H12N4S/c1-6-2-7(10(12)13-3-6)9(11)8-4-15-5-14-8/h2-5,9H,11H2,1H3,(H2,12,13). The molecule has 4 N–H and O–H groups in total. The molecule has 0 spiro atoms. The van der Waals surface area contributed by atoms with Crippen molar-refractivity contribution in [3.63, 3.8) is 0 Å². The van der Waals surface area contributed by atoms with E-state index in [1.165, 1.54) is 11.3 Å². The average molecular weight is 220 g/mol. The van der Waals surface area contributed by atoms with E-state index in [0.717, 1.165) is 16.8 Å². The fraction of sp³-hybridized carbons (Fsp3) is 0.200. The maximum atomic E-state index is 6.05. The highest BCUT2D eigenvalue weighted by atomic mass is 32.1. The summed E-state index contributed by atoms with van der Waals surface area (Å²) in [6, 6.07) is 1.66. The molecular weight excluding hydrogens is 208 g/mol. The summed E-state index contributed by atoms with van der Waals surface area (Å²) in [4.78, 5) is 8.26. The van der Waals surface area contributed by atoms with Gasteiger partial charge in [0, 0.05) is 17.1 Å². The molecule has 0 saturated carbocycles. The Morgan fingerprint density at radius 3 is 2.87 bits per heavy atom. The van der Waals surface area contributed by atoms with Gasteiger partial charge in [-0.1, -0.05) is 0 Å². The van der Waals surface area contributed by atoms with Gasteiger partial charge in [-0.3, -0.25) is 0 Å². The van der Waals surface area contributed by atoms with Crippen LogP contribution >= 0.6 is 11.3 Å². The van der Waals surface area contributed by atoms with Crippen LogP contribution in [0.1, 0.15) is 22.9 Å². The summed E-state index contributed by atoms with van der Waals surface area (Å²) in [5, 5.41) is 1.92. The predicted molar refractivity (Wildman–Crippen MR) is 61.5 cm³/mol. The monoisotopic (exact) mass is 220 g/mol. The van der Waals surface area contributed by atoms with Crippen molar-refractivity contribution in [1.82, 2.24) is 9.97 Å². The molecule has 0 aromatic carbocycles. The number of hydrogen-bond acceptors (Lipinski definition) is 5. The number of hydrogen-bond donors (Lipinski definition) is 2. The van der Waals surface area contributed by atoms with Crippen molar-refractivity contribution in [3.8, 4) is 0 Å². The molecular formula is C10H12N4S. The minimum absolute atomic E-state index is 0.288. The Balaban J connectivity index is 2.41. The third-order valence-corrected chi connectivity index (χ3v) is 2.80. The molecule has 2 rings (SSSR count). The van der Waals surface area contributed by atoms with Crippen LogP contribution in [0.5, 0.6) is 0 Å². The summed E-state index contributed by atoms with van der Waals surface area (Å²) < 4.78 is 0. The van der Waals surface area contributed by atoms with E-state index in [1.54, 1.807) is 11.7 Å². The quantitative estimate of drug-likeness (QED) is 0.803. The number of pyridine rings is 1. The zero-order chi connectivity index (χ0) is 10.8. The van der Waals surface area contributed by atoms with E-state index in [-0.39, 0.29) is 6.04 Å². The maximum Gasteiger partial charge on any atom is 0.128 e. The summed E-state index contributed by atoms with van der Waals surface area (Å²) >= 11 is 1.52. The van der Waals surface area contributed by atoms with Gasteiger partial charge in [-0.25, -0.2) is 9.97 Å². The SMILES string of the molecule is Cc1cnc(N)c(C(N)c2cscn2)c1. The normalized spacial score (nSPS) is 12.7. The highest BCUT2D eigenvalue weighted by Gasteiger charge is 2.14. The van der Waals surface area contributed by atoms with Gasteiger partial charge in [0.2, 0.25) is 0 Å². The van der Waals surface area contributed by atoms with E-state index in [2.05, 4.69) is 9.97 Å². The predicted octanol–water partition coefficient (Wildman–Crippen LogP) is 1.48. The lowest BCUT2D eigenvalue weighted by Gasteiger charge is -2.11. The molecule has 0 aliphatic carbocycles. The highest BCUT2D eigenvalue weighted by molar-refractivity contribution is 7.07. The van der Waals surface area contributed by atoms with Crippen LogP contribution in [0.25, 0.3) is 0 Å². The lowest BCUT2D eigenvalue weighted by atomic mass is 10.1.